The van der Waals surface area contributed by atoms with Gasteiger partial charge in [-0.05, 0) is 87.0 Å². The van der Waals surface area contributed by atoms with Crippen molar-refractivity contribution in [3.63, 3.8) is 0 Å². The van der Waals surface area contributed by atoms with Gasteiger partial charge in [0, 0.05) is 11.1 Å². The first-order valence-corrected chi connectivity index (χ1v) is 17.0. The zero-order valence-corrected chi connectivity index (χ0v) is 30.1. The largest absolute Gasteiger partial charge is 0.506 e. The number of carbonyl (C=O) groups is 4. The Morgan fingerprint density at radius 2 is 0.982 bits per heavy atom. The molecule has 0 amide bonds. The van der Waals surface area contributed by atoms with Crippen LogP contribution in [0.3, 0.4) is 0 Å². The van der Waals surface area contributed by atoms with E-state index in [1.54, 1.807) is 67.2 Å². The van der Waals surface area contributed by atoms with E-state index in [2.05, 4.69) is 13.2 Å². The van der Waals surface area contributed by atoms with Gasteiger partial charge in [-0.2, -0.15) is 0 Å². The van der Waals surface area contributed by atoms with Crippen molar-refractivity contribution in [2.24, 2.45) is 0 Å². The minimum Gasteiger partial charge on any atom is -0.506 e. The van der Waals surface area contributed by atoms with E-state index in [9.17, 15) is 29.4 Å². The Kier molecular flexibility index (Phi) is 9.32. The molecule has 0 bridgehead atoms. The topological polar surface area (TPSA) is 173 Å². The summed E-state index contributed by atoms with van der Waals surface area (Å²) in [6.07, 6.45) is 0. The molecule has 4 heterocycles. The van der Waals surface area contributed by atoms with Gasteiger partial charge in [0.15, 0.2) is 0 Å². The van der Waals surface area contributed by atoms with Crippen LogP contribution in [0.25, 0.3) is 33.4 Å². The lowest BCUT2D eigenvalue weighted by Crippen LogP contribution is -2.14. The molecule has 0 spiro atoms. The van der Waals surface area contributed by atoms with E-state index in [-0.39, 0.29) is 37.9 Å². The van der Waals surface area contributed by atoms with Crippen LogP contribution in [-0.2, 0) is 28.5 Å². The maximum absolute atomic E-state index is 12.2. The van der Waals surface area contributed by atoms with Crippen LogP contribution in [0.4, 0.5) is 0 Å². The SMILES string of the molecule is C=C(C)C(=O)OCCOC(=O)c1ccc2c(c1)n1n(-c3cc(C)ccc3O)n21.C=C(C)C(=O)OCCOC(=O)c1ccc2c(c1)n1n(-c3ccccc3O)n21. The second-order valence-corrected chi connectivity index (χ2v) is 12.7. The van der Waals surface area contributed by atoms with Gasteiger partial charge in [-0.15, -0.1) is 28.1 Å². The number of nitrogens with zero attached hydrogens (tertiary/aromatic N) is 6. The fourth-order valence-corrected chi connectivity index (χ4v) is 5.73. The molecule has 0 aliphatic carbocycles. The average molecular weight is 749 g/mol. The molecule has 0 aliphatic rings. The number of hydrogen-bond donors (Lipinski definition) is 2. The highest BCUT2D eigenvalue weighted by molar-refractivity contribution is 5.95. The molecule has 0 saturated carbocycles. The van der Waals surface area contributed by atoms with Gasteiger partial charge in [0.05, 0.1) is 11.1 Å². The van der Waals surface area contributed by atoms with Crippen LogP contribution in [0.15, 0.2) is 103 Å². The number of benzene rings is 4. The zero-order chi connectivity index (χ0) is 39.1. The van der Waals surface area contributed by atoms with Gasteiger partial charge in [0.25, 0.3) is 0 Å². The van der Waals surface area contributed by atoms with Crippen molar-refractivity contribution in [1.29, 1.82) is 0 Å². The number of aryl methyl sites for hydroxylation is 1. The maximum Gasteiger partial charge on any atom is 0.338 e. The Bertz CT molecular complexity index is 2750. The van der Waals surface area contributed by atoms with Crippen molar-refractivity contribution in [1.82, 2.24) is 28.1 Å². The Hall–Kier alpha value is -7.36. The van der Waals surface area contributed by atoms with E-state index in [0.717, 1.165) is 27.6 Å². The number of ether oxygens (including phenoxy) is 4. The average Bonchev–Trinajstić information content (AvgIpc) is 4.03. The summed E-state index contributed by atoms with van der Waals surface area (Å²) < 4.78 is 27.5. The lowest BCUT2D eigenvalue weighted by atomic mass is 10.2. The predicted octanol–water partition coefficient (Wildman–Crippen LogP) is 5.11. The minimum absolute atomic E-state index is 0.0245. The van der Waals surface area contributed by atoms with Crippen molar-refractivity contribution < 1.29 is 48.3 Å². The Morgan fingerprint density at radius 3 is 1.47 bits per heavy atom. The van der Waals surface area contributed by atoms with Gasteiger partial charge in [-0.25, -0.2) is 19.2 Å². The monoisotopic (exact) mass is 748 g/mol. The highest BCUT2D eigenvalue weighted by Crippen LogP contribution is 2.32. The number of fused-ring (bicyclic) bond motifs is 8. The molecule has 0 radical (unpaired) electrons. The summed E-state index contributed by atoms with van der Waals surface area (Å²) in [5, 5.41) is 20.1. The Morgan fingerprint density at radius 1 is 0.545 bits per heavy atom. The molecular formula is C39H36N6O10. The van der Waals surface area contributed by atoms with E-state index in [0.29, 0.717) is 33.6 Å². The number of para-hydroxylation sites is 2. The predicted molar refractivity (Wildman–Crippen MR) is 198 cm³/mol. The molecule has 55 heavy (non-hydrogen) atoms. The van der Waals surface area contributed by atoms with Gasteiger partial charge in [0.1, 0.15) is 71.4 Å². The molecule has 16 heteroatoms. The number of esters is 4. The van der Waals surface area contributed by atoms with Crippen molar-refractivity contribution in [2.75, 3.05) is 26.4 Å². The minimum atomic E-state index is -0.516. The first-order valence-electron chi connectivity index (χ1n) is 17.0. The second-order valence-electron chi connectivity index (χ2n) is 12.7. The molecular weight excluding hydrogens is 712 g/mol. The molecule has 0 atom stereocenters. The highest BCUT2D eigenvalue weighted by Gasteiger charge is 2.28. The smallest absolute Gasteiger partial charge is 0.338 e. The van der Waals surface area contributed by atoms with Crippen molar-refractivity contribution in [3.8, 4) is 22.9 Å². The van der Waals surface area contributed by atoms with Crippen LogP contribution in [0.2, 0.25) is 0 Å². The number of aromatic nitrogens is 6. The van der Waals surface area contributed by atoms with E-state index in [1.807, 2.05) is 60.6 Å². The third-order valence-corrected chi connectivity index (χ3v) is 8.54. The summed E-state index contributed by atoms with van der Waals surface area (Å²) in [6, 6.07) is 22.8. The quantitative estimate of drug-likeness (QED) is 0.0740. The van der Waals surface area contributed by atoms with Gasteiger partial charge in [-0.3, -0.25) is 0 Å². The van der Waals surface area contributed by atoms with E-state index in [4.69, 9.17) is 18.9 Å². The Labute approximate surface area is 311 Å². The van der Waals surface area contributed by atoms with Gasteiger partial charge in [-0.1, -0.05) is 31.4 Å². The number of rotatable bonds is 12. The standard InChI is InChI=1S/C20H19N3O5.C19H17N3O5/c1-12(2)19(25)27-8-9-28-20(26)14-5-6-15-16(11-14)22-21(15)23(22)17-10-13(3)4-7-18(17)24;1-12(2)18(24)26-9-10-27-19(25)13-7-8-14-16(11-13)22-20(14)21(22)15-5-3-4-6-17(15)23/h4-7,10-11,24H,1,8-9H2,2-3H3;3-8,11,23H,1,9-10H2,2H3. The molecule has 0 unspecified atom stereocenters. The van der Waals surface area contributed by atoms with Crippen molar-refractivity contribution in [2.45, 2.75) is 20.8 Å². The highest BCUT2D eigenvalue weighted by atomic mass is 16.6. The van der Waals surface area contributed by atoms with E-state index >= 15 is 0 Å². The normalized spacial score (nSPS) is 11.3. The summed E-state index contributed by atoms with van der Waals surface area (Å²) in [7, 11) is 0. The molecule has 0 fully saturated rings. The van der Waals surface area contributed by atoms with Crippen LogP contribution >= 0.6 is 0 Å². The number of carbonyl (C=O) groups excluding carboxylic acids is 4. The molecule has 4 aromatic heterocycles. The Balaban J connectivity index is 0.000000169. The molecule has 8 aromatic rings. The third kappa shape index (κ3) is 6.83. The molecule has 4 aromatic carbocycles. The molecule has 2 N–H and O–H groups in total. The summed E-state index contributed by atoms with van der Waals surface area (Å²) in [4.78, 5) is 50.6. The summed E-state index contributed by atoms with van der Waals surface area (Å²) in [5.41, 5.74) is 7.23. The maximum atomic E-state index is 12.2. The zero-order valence-electron chi connectivity index (χ0n) is 30.1. The molecule has 8 rings (SSSR count). The second kappa shape index (κ2) is 14.2. The summed E-state index contributed by atoms with van der Waals surface area (Å²) in [5.74, 6) is -1.69. The van der Waals surface area contributed by atoms with E-state index < -0.39 is 23.9 Å². The van der Waals surface area contributed by atoms with Crippen LogP contribution in [0.5, 0.6) is 11.5 Å². The fourth-order valence-electron chi connectivity index (χ4n) is 5.73. The number of phenolic OH excluding ortho intramolecular Hbond substituents is 2. The summed E-state index contributed by atoms with van der Waals surface area (Å²) >= 11 is 0. The first-order chi connectivity index (χ1) is 26.4. The third-order valence-electron chi connectivity index (χ3n) is 8.54. The first kappa shape index (κ1) is 36.0. The number of phenols is 2. The molecule has 282 valence electrons. The number of hydrogen-bond acceptors (Lipinski definition) is 10. The fraction of sp³-hybridized carbons (Fsp3) is 0.179. The van der Waals surface area contributed by atoms with Crippen LogP contribution in [-0.4, -0.2) is 88.6 Å². The van der Waals surface area contributed by atoms with Gasteiger partial charge < -0.3 is 29.2 Å². The molecule has 0 saturated heterocycles. The lowest BCUT2D eigenvalue weighted by Gasteiger charge is -2.07. The van der Waals surface area contributed by atoms with Crippen molar-refractivity contribution in [3.05, 3.63) is 120 Å². The van der Waals surface area contributed by atoms with Gasteiger partial charge in [0.2, 0.25) is 0 Å². The van der Waals surface area contributed by atoms with Crippen LogP contribution < -0.4 is 0 Å². The van der Waals surface area contributed by atoms with E-state index in [1.165, 1.54) is 0 Å². The summed E-state index contributed by atoms with van der Waals surface area (Å²) in [6.45, 7) is 11.9. The van der Waals surface area contributed by atoms with Crippen molar-refractivity contribution >= 4 is 45.9 Å². The molecule has 16 nitrogen and oxygen atoms in total. The lowest BCUT2D eigenvalue weighted by molar-refractivity contribution is -0.140. The van der Waals surface area contributed by atoms with Crippen LogP contribution in [0, 0.1) is 6.92 Å². The molecule has 0 aliphatic heterocycles. The number of aromatic hydroxyl groups is 2. The van der Waals surface area contributed by atoms with Crippen LogP contribution in [0.1, 0.15) is 40.1 Å². The van der Waals surface area contributed by atoms with Gasteiger partial charge >= 0.3 is 23.9 Å².